The van der Waals surface area contributed by atoms with Crippen molar-refractivity contribution in [1.29, 1.82) is 0 Å². The summed E-state index contributed by atoms with van der Waals surface area (Å²) < 4.78 is 10.1. The molecule has 98 valence electrons. The molecular weight excluding hydrogens is 266 g/mol. The van der Waals surface area contributed by atoms with Crippen molar-refractivity contribution in [1.82, 2.24) is 0 Å². The Kier molecular flexibility index (Phi) is 4.75. The Morgan fingerprint density at radius 2 is 2.26 bits per heavy atom. The first kappa shape index (κ1) is 13.4. The number of carbonyl (C=O) groups is 1. The summed E-state index contributed by atoms with van der Waals surface area (Å²) in [6.07, 6.45) is 2.85. The van der Waals surface area contributed by atoms with Gasteiger partial charge in [0.15, 0.2) is 0 Å². The first-order valence-corrected chi connectivity index (χ1v) is 6.08. The Balaban J connectivity index is 1.77. The Morgan fingerprint density at radius 1 is 1.37 bits per heavy atom. The summed E-state index contributed by atoms with van der Waals surface area (Å²) in [5.41, 5.74) is 0.821. The minimum atomic E-state index is -0.633. The van der Waals surface area contributed by atoms with Gasteiger partial charge in [0.1, 0.15) is 12.4 Å². The molecule has 0 aliphatic rings. The van der Waals surface area contributed by atoms with E-state index in [9.17, 15) is 4.79 Å². The fraction of sp³-hybridized carbons (Fsp3) is 0.143. The number of benzene rings is 1. The molecule has 0 N–H and O–H groups in total. The normalized spacial score (nSPS) is 10.8. The van der Waals surface area contributed by atoms with E-state index in [1.807, 2.05) is 12.1 Å². The van der Waals surface area contributed by atoms with E-state index in [4.69, 9.17) is 20.8 Å². The number of aliphatic imine (C=N–C) groups is 1. The molecule has 0 spiro atoms. The van der Waals surface area contributed by atoms with Gasteiger partial charge in [0.25, 0.3) is 0 Å². The molecule has 1 heterocycles. The van der Waals surface area contributed by atoms with Crippen LogP contribution in [0.3, 0.4) is 0 Å². The second-order valence-electron chi connectivity index (χ2n) is 3.78. The second kappa shape index (κ2) is 6.75. The van der Waals surface area contributed by atoms with Crippen LogP contribution in [0.4, 0.5) is 4.79 Å². The summed E-state index contributed by atoms with van der Waals surface area (Å²) in [7, 11) is 0. The van der Waals surface area contributed by atoms with Gasteiger partial charge in [-0.15, -0.1) is 0 Å². The van der Waals surface area contributed by atoms with E-state index in [2.05, 4.69) is 4.99 Å². The Bertz CT molecular complexity index is 564. The van der Waals surface area contributed by atoms with E-state index in [1.165, 1.54) is 6.21 Å². The highest BCUT2D eigenvalue weighted by atomic mass is 35.5. The predicted molar refractivity (Wildman–Crippen MR) is 72.5 cm³/mol. The van der Waals surface area contributed by atoms with Crippen molar-refractivity contribution in [3.8, 4) is 0 Å². The van der Waals surface area contributed by atoms with E-state index in [0.29, 0.717) is 11.4 Å². The molecule has 2 aromatic rings. The zero-order chi connectivity index (χ0) is 13.5. The van der Waals surface area contributed by atoms with E-state index in [-0.39, 0.29) is 6.61 Å². The number of hydrogen-bond donors (Lipinski definition) is 0. The molecule has 0 aliphatic carbocycles. The molecule has 0 saturated carbocycles. The first-order chi connectivity index (χ1) is 9.24. The molecule has 4 nitrogen and oxygen atoms in total. The third-order valence-electron chi connectivity index (χ3n) is 2.32. The number of furan rings is 1. The van der Waals surface area contributed by atoms with Crippen molar-refractivity contribution < 1.29 is 13.9 Å². The number of nitrogens with zero attached hydrogens (tertiary/aromatic N) is 1. The molecule has 1 amide bonds. The van der Waals surface area contributed by atoms with Gasteiger partial charge < -0.3 is 9.15 Å². The lowest BCUT2D eigenvalue weighted by molar-refractivity contribution is 0.151. The van der Waals surface area contributed by atoms with Crippen molar-refractivity contribution in [2.75, 3.05) is 0 Å². The standard InChI is InChI=1S/C14H12ClNO3/c15-12-4-1-3-11(9-12)10-19-14(17)16-7-6-13-5-2-8-18-13/h1-5,7-9H,6,10H2. The maximum atomic E-state index is 11.3. The minimum absolute atomic E-state index is 0.150. The molecule has 0 radical (unpaired) electrons. The molecule has 1 aromatic carbocycles. The second-order valence-corrected chi connectivity index (χ2v) is 4.22. The average molecular weight is 278 g/mol. The van der Waals surface area contributed by atoms with Crippen LogP contribution in [0.2, 0.25) is 5.02 Å². The van der Waals surface area contributed by atoms with Gasteiger partial charge in [-0.3, -0.25) is 0 Å². The molecule has 0 atom stereocenters. The van der Waals surface area contributed by atoms with E-state index < -0.39 is 6.09 Å². The SMILES string of the molecule is O=C(N=CCc1ccco1)OCc1cccc(Cl)c1. The summed E-state index contributed by atoms with van der Waals surface area (Å²) in [5, 5.41) is 0.606. The van der Waals surface area contributed by atoms with Crippen LogP contribution in [0, 0.1) is 0 Å². The first-order valence-electron chi connectivity index (χ1n) is 5.70. The van der Waals surface area contributed by atoms with Crippen LogP contribution < -0.4 is 0 Å². The zero-order valence-electron chi connectivity index (χ0n) is 10.1. The van der Waals surface area contributed by atoms with Crippen LogP contribution >= 0.6 is 11.6 Å². The number of halogens is 1. The zero-order valence-corrected chi connectivity index (χ0v) is 10.8. The Labute approximate surface area is 115 Å². The number of rotatable bonds is 4. The van der Waals surface area contributed by atoms with Crippen LogP contribution in [0.1, 0.15) is 11.3 Å². The van der Waals surface area contributed by atoms with Crippen molar-refractivity contribution in [2.24, 2.45) is 4.99 Å². The quantitative estimate of drug-likeness (QED) is 0.797. The fourth-order valence-electron chi connectivity index (χ4n) is 1.45. The average Bonchev–Trinajstić information content (AvgIpc) is 2.90. The molecular formula is C14H12ClNO3. The maximum Gasteiger partial charge on any atom is 0.433 e. The number of ether oxygens (including phenoxy) is 1. The lowest BCUT2D eigenvalue weighted by Crippen LogP contribution is -2.00. The van der Waals surface area contributed by atoms with Crippen LogP contribution in [0.5, 0.6) is 0 Å². The van der Waals surface area contributed by atoms with Gasteiger partial charge in [-0.1, -0.05) is 23.7 Å². The summed E-state index contributed by atoms with van der Waals surface area (Å²) in [4.78, 5) is 15.0. The summed E-state index contributed by atoms with van der Waals surface area (Å²) in [6, 6.07) is 10.7. The van der Waals surface area contributed by atoms with Crippen LogP contribution in [0.25, 0.3) is 0 Å². The van der Waals surface area contributed by atoms with Crippen molar-refractivity contribution in [2.45, 2.75) is 13.0 Å². The summed E-state index contributed by atoms with van der Waals surface area (Å²) in [5.74, 6) is 0.742. The number of carbonyl (C=O) groups excluding carboxylic acids is 1. The summed E-state index contributed by atoms with van der Waals surface area (Å²) in [6.45, 7) is 0.150. The van der Waals surface area contributed by atoms with Crippen molar-refractivity contribution >= 4 is 23.9 Å². The summed E-state index contributed by atoms with van der Waals surface area (Å²) >= 11 is 5.82. The predicted octanol–water partition coefficient (Wildman–Crippen LogP) is 3.88. The maximum absolute atomic E-state index is 11.3. The lowest BCUT2D eigenvalue weighted by Gasteiger charge is -2.01. The monoisotopic (exact) mass is 277 g/mol. The highest BCUT2D eigenvalue weighted by molar-refractivity contribution is 6.30. The smallest absolute Gasteiger partial charge is 0.433 e. The van der Waals surface area contributed by atoms with Gasteiger partial charge in [-0.05, 0) is 29.8 Å². The van der Waals surface area contributed by atoms with E-state index >= 15 is 0 Å². The topological polar surface area (TPSA) is 51.8 Å². The molecule has 0 aliphatic heterocycles. The molecule has 0 fully saturated rings. The van der Waals surface area contributed by atoms with Crippen molar-refractivity contribution in [3.05, 3.63) is 59.0 Å². The molecule has 0 bridgehead atoms. The molecule has 0 saturated heterocycles. The molecule has 5 heteroatoms. The van der Waals surface area contributed by atoms with Crippen LogP contribution in [-0.4, -0.2) is 12.3 Å². The third-order valence-corrected chi connectivity index (χ3v) is 2.56. The van der Waals surface area contributed by atoms with Crippen LogP contribution in [-0.2, 0) is 17.8 Å². The van der Waals surface area contributed by atoms with Gasteiger partial charge >= 0.3 is 6.09 Å². The Morgan fingerprint density at radius 3 is 3.00 bits per heavy atom. The van der Waals surface area contributed by atoms with Gasteiger partial charge in [-0.25, -0.2) is 4.79 Å². The minimum Gasteiger partial charge on any atom is -0.469 e. The molecule has 2 rings (SSSR count). The molecule has 19 heavy (non-hydrogen) atoms. The van der Waals surface area contributed by atoms with E-state index in [0.717, 1.165) is 11.3 Å². The number of hydrogen-bond acceptors (Lipinski definition) is 3. The molecule has 1 aromatic heterocycles. The van der Waals surface area contributed by atoms with E-state index in [1.54, 1.807) is 30.5 Å². The van der Waals surface area contributed by atoms with Gasteiger partial charge in [-0.2, -0.15) is 4.99 Å². The third kappa shape index (κ3) is 4.60. The fourth-order valence-corrected chi connectivity index (χ4v) is 1.66. The number of amides is 1. The lowest BCUT2D eigenvalue weighted by atomic mass is 10.2. The highest BCUT2D eigenvalue weighted by Gasteiger charge is 2.01. The van der Waals surface area contributed by atoms with Gasteiger partial charge in [0.05, 0.1) is 6.26 Å². The largest absolute Gasteiger partial charge is 0.469 e. The Hall–Kier alpha value is -2.07. The van der Waals surface area contributed by atoms with Gasteiger partial charge in [0.2, 0.25) is 0 Å². The van der Waals surface area contributed by atoms with Crippen LogP contribution in [0.15, 0.2) is 52.1 Å². The van der Waals surface area contributed by atoms with Crippen molar-refractivity contribution in [3.63, 3.8) is 0 Å². The molecule has 0 unspecified atom stereocenters. The van der Waals surface area contributed by atoms with Gasteiger partial charge in [0, 0.05) is 17.7 Å². The highest BCUT2D eigenvalue weighted by Crippen LogP contribution is 2.11.